The standard InChI is InChI=1S/C28H40O2S2/c1-4-6-8-9-10-11-21-30-28(29)23(3)32-27-19-15-25(16-20-27)24-13-17-26(18-14-24)31-22-12-7-5-2/h13-20,23H,4-12,21-22H2,1-3H3/t23-/m1/s1. The molecule has 2 aromatic carbocycles. The molecule has 0 spiro atoms. The molecule has 0 aromatic heterocycles. The maximum Gasteiger partial charge on any atom is 0.319 e. The Labute approximate surface area is 204 Å². The van der Waals surface area contributed by atoms with Gasteiger partial charge in [-0.15, -0.1) is 23.5 Å². The van der Waals surface area contributed by atoms with Crippen LogP contribution in [0.1, 0.15) is 78.6 Å². The third-order valence-corrected chi connectivity index (χ3v) is 7.63. The van der Waals surface area contributed by atoms with Gasteiger partial charge in [0.25, 0.3) is 0 Å². The molecule has 0 amide bonds. The van der Waals surface area contributed by atoms with Crippen molar-refractivity contribution in [3.63, 3.8) is 0 Å². The van der Waals surface area contributed by atoms with Gasteiger partial charge in [0, 0.05) is 9.79 Å². The Morgan fingerprint density at radius 2 is 1.28 bits per heavy atom. The van der Waals surface area contributed by atoms with Gasteiger partial charge in [-0.3, -0.25) is 4.79 Å². The SMILES string of the molecule is CCCCCCCCOC(=O)[C@@H](C)Sc1ccc(-c2ccc(SCCCCC)cc2)cc1. The van der Waals surface area contributed by atoms with Crippen molar-refractivity contribution < 1.29 is 9.53 Å². The van der Waals surface area contributed by atoms with Crippen molar-refractivity contribution >= 4 is 29.5 Å². The first kappa shape index (κ1) is 26.9. The van der Waals surface area contributed by atoms with Gasteiger partial charge in [0.05, 0.1) is 6.61 Å². The van der Waals surface area contributed by atoms with E-state index in [1.54, 1.807) is 11.8 Å². The zero-order valence-corrected chi connectivity index (χ0v) is 21.7. The average Bonchev–Trinajstić information content (AvgIpc) is 2.82. The van der Waals surface area contributed by atoms with E-state index in [-0.39, 0.29) is 11.2 Å². The van der Waals surface area contributed by atoms with Crippen molar-refractivity contribution in [2.45, 2.75) is 93.6 Å². The number of esters is 1. The fourth-order valence-corrected chi connectivity index (χ4v) is 5.21. The quantitative estimate of drug-likeness (QED) is 0.138. The summed E-state index contributed by atoms with van der Waals surface area (Å²) in [4.78, 5) is 14.7. The topological polar surface area (TPSA) is 26.3 Å². The molecule has 0 bridgehead atoms. The maximum absolute atomic E-state index is 12.3. The van der Waals surface area contributed by atoms with Crippen LogP contribution in [0.15, 0.2) is 58.3 Å². The highest BCUT2D eigenvalue weighted by Gasteiger charge is 2.15. The van der Waals surface area contributed by atoms with Crippen LogP contribution in [0.2, 0.25) is 0 Å². The van der Waals surface area contributed by atoms with Crippen molar-refractivity contribution in [1.82, 2.24) is 0 Å². The van der Waals surface area contributed by atoms with E-state index in [1.165, 1.54) is 66.7 Å². The number of benzene rings is 2. The van der Waals surface area contributed by atoms with Gasteiger partial charge in [0.15, 0.2) is 0 Å². The maximum atomic E-state index is 12.3. The molecule has 0 saturated carbocycles. The molecule has 1 atom stereocenters. The summed E-state index contributed by atoms with van der Waals surface area (Å²) in [7, 11) is 0. The molecule has 0 aliphatic carbocycles. The van der Waals surface area contributed by atoms with Crippen molar-refractivity contribution in [2.75, 3.05) is 12.4 Å². The summed E-state index contributed by atoms with van der Waals surface area (Å²) < 4.78 is 5.47. The Kier molecular flexibility index (Phi) is 13.6. The molecule has 2 nitrogen and oxygen atoms in total. The van der Waals surface area contributed by atoms with Gasteiger partial charge in [-0.25, -0.2) is 0 Å². The third-order valence-electron chi connectivity index (χ3n) is 5.45. The lowest BCUT2D eigenvalue weighted by Crippen LogP contribution is -2.17. The van der Waals surface area contributed by atoms with E-state index in [0.717, 1.165) is 17.7 Å². The molecule has 32 heavy (non-hydrogen) atoms. The number of rotatable bonds is 16. The second-order valence-corrected chi connectivity index (χ2v) is 10.9. The summed E-state index contributed by atoms with van der Waals surface area (Å²) in [6.07, 6.45) is 11.1. The average molecular weight is 473 g/mol. The molecule has 2 rings (SSSR count). The lowest BCUT2D eigenvalue weighted by atomic mass is 10.1. The molecule has 0 heterocycles. The van der Waals surface area contributed by atoms with Crippen LogP contribution >= 0.6 is 23.5 Å². The largest absolute Gasteiger partial charge is 0.465 e. The van der Waals surface area contributed by atoms with Gasteiger partial charge in [0.1, 0.15) is 5.25 Å². The predicted molar refractivity (Wildman–Crippen MR) is 142 cm³/mol. The lowest BCUT2D eigenvalue weighted by Gasteiger charge is -2.12. The van der Waals surface area contributed by atoms with E-state index in [2.05, 4.69) is 62.4 Å². The first-order valence-electron chi connectivity index (χ1n) is 12.3. The molecule has 176 valence electrons. The van der Waals surface area contributed by atoms with Gasteiger partial charge in [-0.1, -0.05) is 83.1 Å². The molecule has 0 radical (unpaired) electrons. The van der Waals surface area contributed by atoms with E-state index >= 15 is 0 Å². The second-order valence-electron chi connectivity index (χ2n) is 8.30. The summed E-state index contributed by atoms with van der Waals surface area (Å²) >= 11 is 3.51. The Morgan fingerprint density at radius 1 is 0.750 bits per heavy atom. The van der Waals surface area contributed by atoms with Crippen molar-refractivity contribution in [1.29, 1.82) is 0 Å². The van der Waals surface area contributed by atoms with Crippen LogP contribution in [-0.2, 0) is 9.53 Å². The van der Waals surface area contributed by atoms with Gasteiger partial charge in [0.2, 0.25) is 0 Å². The molecule has 0 aliphatic heterocycles. The monoisotopic (exact) mass is 472 g/mol. The number of hydrogen-bond donors (Lipinski definition) is 0. The summed E-state index contributed by atoms with van der Waals surface area (Å²) in [5.41, 5.74) is 2.43. The molecule has 0 unspecified atom stereocenters. The number of unbranched alkanes of at least 4 members (excludes halogenated alkanes) is 7. The van der Waals surface area contributed by atoms with Crippen LogP contribution in [0.4, 0.5) is 0 Å². The Morgan fingerprint density at radius 3 is 1.91 bits per heavy atom. The highest BCUT2D eigenvalue weighted by molar-refractivity contribution is 8.00. The minimum Gasteiger partial charge on any atom is -0.465 e. The fourth-order valence-electron chi connectivity index (χ4n) is 3.44. The number of carbonyl (C=O) groups excluding carboxylic acids is 1. The lowest BCUT2D eigenvalue weighted by molar-refractivity contribution is -0.142. The summed E-state index contributed by atoms with van der Waals surface area (Å²) in [5, 5.41) is -0.190. The van der Waals surface area contributed by atoms with Crippen molar-refractivity contribution in [3.8, 4) is 11.1 Å². The number of thioether (sulfide) groups is 2. The van der Waals surface area contributed by atoms with E-state index in [1.807, 2.05) is 18.7 Å². The van der Waals surface area contributed by atoms with E-state index < -0.39 is 0 Å². The molecule has 0 N–H and O–H groups in total. The number of hydrogen-bond acceptors (Lipinski definition) is 4. The van der Waals surface area contributed by atoms with Gasteiger partial charge in [-0.2, -0.15) is 0 Å². The molecular weight excluding hydrogens is 432 g/mol. The third kappa shape index (κ3) is 10.5. The van der Waals surface area contributed by atoms with E-state index in [4.69, 9.17) is 4.74 Å². The molecule has 2 aromatic rings. The molecular formula is C28H40O2S2. The highest BCUT2D eigenvalue weighted by Crippen LogP contribution is 2.29. The van der Waals surface area contributed by atoms with Crippen LogP contribution in [-0.4, -0.2) is 23.6 Å². The Bertz CT molecular complexity index is 756. The van der Waals surface area contributed by atoms with E-state index in [0.29, 0.717) is 6.61 Å². The summed E-state index contributed by atoms with van der Waals surface area (Å²) in [5.74, 6) is 1.08. The molecule has 0 saturated heterocycles. The fraction of sp³-hybridized carbons (Fsp3) is 0.536. The second kappa shape index (κ2) is 16.3. The van der Waals surface area contributed by atoms with Crippen LogP contribution in [0.5, 0.6) is 0 Å². The summed E-state index contributed by atoms with van der Waals surface area (Å²) in [6.45, 7) is 6.94. The number of carbonyl (C=O) groups is 1. The van der Waals surface area contributed by atoms with Crippen LogP contribution in [0.25, 0.3) is 11.1 Å². The first-order chi connectivity index (χ1) is 15.6. The van der Waals surface area contributed by atoms with Gasteiger partial charge >= 0.3 is 5.97 Å². The predicted octanol–water partition coefficient (Wildman–Crippen LogP) is 9.02. The first-order valence-corrected chi connectivity index (χ1v) is 14.2. The number of ether oxygens (including phenoxy) is 1. The Hall–Kier alpha value is -1.39. The van der Waals surface area contributed by atoms with Crippen LogP contribution in [0, 0.1) is 0 Å². The summed E-state index contributed by atoms with van der Waals surface area (Å²) in [6, 6.07) is 17.3. The van der Waals surface area contributed by atoms with Crippen molar-refractivity contribution in [2.24, 2.45) is 0 Å². The molecule has 4 heteroatoms. The van der Waals surface area contributed by atoms with E-state index in [9.17, 15) is 4.79 Å². The normalized spacial score (nSPS) is 12.0. The van der Waals surface area contributed by atoms with Crippen LogP contribution in [0.3, 0.4) is 0 Å². The molecule has 0 fully saturated rings. The zero-order valence-electron chi connectivity index (χ0n) is 20.1. The molecule has 0 aliphatic rings. The smallest absolute Gasteiger partial charge is 0.319 e. The van der Waals surface area contributed by atoms with Gasteiger partial charge in [-0.05, 0) is 60.9 Å². The van der Waals surface area contributed by atoms with Crippen molar-refractivity contribution in [3.05, 3.63) is 48.5 Å². The van der Waals surface area contributed by atoms with Gasteiger partial charge < -0.3 is 4.74 Å². The Balaban J connectivity index is 1.74. The highest BCUT2D eigenvalue weighted by atomic mass is 32.2. The minimum absolute atomic E-state index is 0.111. The zero-order chi connectivity index (χ0) is 23.0. The van der Waals surface area contributed by atoms with Crippen LogP contribution < -0.4 is 0 Å². The minimum atomic E-state index is -0.190.